The van der Waals surface area contributed by atoms with Crippen molar-refractivity contribution < 1.29 is 23.1 Å². The molecule has 10 heteroatoms. The molecule has 0 aliphatic carbocycles. The van der Waals surface area contributed by atoms with Crippen molar-refractivity contribution in [2.45, 2.75) is 51.2 Å². The smallest absolute Gasteiger partial charge is 0.305 e. The lowest BCUT2D eigenvalue weighted by molar-refractivity contribution is -0.136. The number of nitrogens with zero attached hydrogens (tertiary/aromatic N) is 1. The van der Waals surface area contributed by atoms with Crippen LogP contribution in [0.2, 0.25) is 0 Å². The number of benzene rings is 1. The van der Waals surface area contributed by atoms with E-state index in [0.29, 0.717) is 0 Å². The largest absolute Gasteiger partial charge is 0.481 e. The van der Waals surface area contributed by atoms with Crippen LogP contribution in [0.4, 0.5) is 11.4 Å². The molecule has 184 valence electrons. The molecule has 1 amide bonds. The molecule has 2 heterocycles. The zero-order chi connectivity index (χ0) is 24.0. The maximum atomic E-state index is 12.7. The van der Waals surface area contributed by atoms with E-state index in [2.05, 4.69) is 20.3 Å². The van der Waals surface area contributed by atoms with Crippen molar-refractivity contribution in [3.05, 3.63) is 23.8 Å². The molecule has 0 unspecified atom stereocenters. The molecule has 2 aliphatic rings. The number of hydrogen-bond donors (Lipinski definition) is 4. The third-order valence-corrected chi connectivity index (χ3v) is 8.45. The van der Waals surface area contributed by atoms with Crippen molar-refractivity contribution in [3.63, 3.8) is 0 Å². The molecule has 0 atom stereocenters. The number of carboxylic acids is 1. The third kappa shape index (κ3) is 6.83. The van der Waals surface area contributed by atoms with Crippen molar-refractivity contribution in [2.24, 2.45) is 11.8 Å². The molecule has 3 rings (SSSR count). The highest BCUT2D eigenvalue weighted by molar-refractivity contribution is 7.93. The second-order valence-electron chi connectivity index (χ2n) is 9.24. The second kappa shape index (κ2) is 11.2. The molecule has 2 fully saturated rings. The summed E-state index contributed by atoms with van der Waals surface area (Å²) in [5.41, 5.74) is 1.27. The molecule has 1 aromatic carbocycles. The van der Waals surface area contributed by atoms with E-state index in [-0.39, 0.29) is 24.2 Å². The van der Waals surface area contributed by atoms with Crippen molar-refractivity contribution in [1.29, 1.82) is 0 Å². The Morgan fingerprint density at radius 2 is 1.76 bits per heavy atom. The van der Waals surface area contributed by atoms with Gasteiger partial charge in [0.2, 0.25) is 10.0 Å². The molecule has 0 bridgehead atoms. The van der Waals surface area contributed by atoms with E-state index in [1.165, 1.54) is 12.8 Å². The Morgan fingerprint density at radius 1 is 1.12 bits per heavy atom. The zero-order valence-electron chi connectivity index (χ0n) is 19.5. The fraction of sp³-hybridized carbons (Fsp3) is 0.652. The van der Waals surface area contributed by atoms with Gasteiger partial charge in [-0.3, -0.25) is 14.3 Å². The first-order valence-corrected chi connectivity index (χ1v) is 13.3. The minimum absolute atomic E-state index is 0.0313. The Bertz CT molecular complexity index is 936. The molecule has 4 N–H and O–H groups in total. The van der Waals surface area contributed by atoms with Crippen LogP contribution in [0.5, 0.6) is 0 Å². The maximum absolute atomic E-state index is 12.7. The molecule has 33 heavy (non-hydrogen) atoms. The summed E-state index contributed by atoms with van der Waals surface area (Å²) in [6, 6.07) is 5.17. The fourth-order valence-electron chi connectivity index (χ4n) is 4.61. The molecular formula is C23H36N4O5S. The first kappa shape index (κ1) is 25.3. The number of carboxylic acid groups (broad SMARTS) is 1. The van der Waals surface area contributed by atoms with Gasteiger partial charge in [0.15, 0.2) is 0 Å². The number of rotatable bonds is 9. The Kier molecular flexibility index (Phi) is 8.58. The number of piperidine rings is 2. The van der Waals surface area contributed by atoms with Crippen LogP contribution >= 0.6 is 0 Å². The Hall–Kier alpha value is -2.33. The SMILES string of the molecule is CC(C)S(=O)(=O)Nc1cc(N2CCC(C3CCNCC3)CC2)ccc1C(=O)NCCC(=O)O. The minimum Gasteiger partial charge on any atom is -0.481 e. The molecule has 1 aromatic rings. The summed E-state index contributed by atoms with van der Waals surface area (Å²) >= 11 is 0. The van der Waals surface area contributed by atoms with Crippen molar-refractivity contribution >= 4 is 33.3 Å². The van der Waals surface area contributed by atoms with E-state index >= 15 is 0 Å². The Morgan fingerprint density at radius 3 is 2.36 bits per heavy atom. The molecule has 9 nitrogen and oxygen atoms in total. The molecule has 0 saturated carbocycles. The van der Waals surface area contributed by atoms with Gasteiger partial charge in [-0.05, 0) is 82.7 Å². The first-order valence-electron chi connectivity index (χ1n) is 11.8. The van der Waals surface area contributed by atoms with Crippen LogP contribution in [0.15, 0.2) is 18.2 Å². The second-order valence-corrected chi connectivity index (χ2v) is 11.5. The van der Waals surface area contributed by atoms with Crippen LogP contribution < -0.4 is 20.3 Å². The van der Waals surface area contributed by atoms with Gasteiger partial charge >= 0.3 is 5.97 Å². The van der Waals surface area contributed by atoms with Gasteiger partial charge in [0.05, 0.1) is 22.9 Å². The number of carbonyl (C=O) groups is 2. The van der Waals surface area contributed by atoms with E-state index < -0.39 is 27.1 Å². The normalized spacial score (nSPS) is 18.3. The van der Waals surface area contributed by atoms with E-state index in [0.717, 1.165) is 56.5 Å². The Labute approximate surface area is 196 Å². The van der Waals surface area contributed by atoms with E-state index in [1.807, 2.05) is 6.07 Å². The number of nitrogens with one attached hydrogen (secondary N) is 3. The number of sulfonamides is 1. The van der Waals surface area contributed by atoms with Gasteiger partial charge in [0.25, 0.3) is 5.91 Å². The standard InChI is InChI=1S/C23H36N4O5S/c1-16(2)33(31,32)26-21-15-19(3-4-20(21)23(30)25-12-7-22(28)29)27-13-8-18(9-14-27)17-5-10-24-11-6-17/h3-4,15-18,24,26H,5-14H2,1-2H3,(H,25,30)(H,28,29). The number of amides is 1. The Balaban J connectivity index is 1.75. The van der Waals surface area contributed by atoms with E-state index in [4.69, 9.17) is 5.11 Å². The number of hydrogen-bond acceptors (Lipinski definition) is 6. The molecule has 0 spiro atoms. The van der Waals surface area contributed by atoms with Crippen LogP contribution in [0, 0.1) is 11.8 Å². The molecule has 2 aliphatic heterocycles. The molecule has 0 radical (unpaired) electrons. The summed E-state index contributed by atoms with van der Waals surface area (Å²) in [6.07, 6.45) is 4.47. The van der Waals surface area contributed by atoms with Crippen LogP contribution in [0.1, 0.15) is 56.3 Å². The van der Waals surface area contributed by atoms with Crippen LogP contribution in [-0.2, 0) is 14.8 Å². The van der Waals surface area contributed by atoms with Crippen molar-refractivity contribution in [1.82, 2.24) is 10.6 Å². The summed E-state index contributed by atoms with van der Waals surface area (Å²) in [7, 11) is -3.66. The highest BCUT2D eigenvalue weighted by Crippen LogP contribution is 2.34. The number of anilines is 2. The first-order chi connectivity index (χ1) is 15.7. The van der Waals surface area contributed by atoms with Crippen molar-refractivity contribution in [3.8, 4) is 0 Å². The van der Waals surface area contributed by atoms with Gasteiger partial charge in [0, 0.05) is 25.3 Å². The summed E-state index contributed by atoms with van der Waals surface area (Å²) < 4.78 is 27.7. The summed E-state index contributed by atoms with van der Waals surface area (Å²) in [6.45, 7) is 7.11. The van der Waals surface area contributed by atoms with Crippen LogP contribution in [-0.4, -0.2) is 63.4 Å². The molecule has 2 saturated heterocycles. The van der Waals surface area contributed by atoms with Gasteiger partial charge in [0.1, 0.15) is 0 Å². The lowest BCUT2D eigenvalue weighted by Gasteiger charge is -2.39. The zero-order valence-corrected chi connectivity index (χ0v) is 20.3. The van der Waals surface area contributed by atoms with Gasteiger partial charge in [-0.15, -0.1) is 0 Å². The predicted octanol–water partition coefficient (Wildman–Crippen LogP) is 2.26. The summed E-state index contributed by atoms with van der Waals surface area (Å²) in [4.78, 5) is 25.6. The lowest BCUT2D eigenvalue weighted by atomic mass is 9.79. The lowest BCUT2D eigenvalue weighted by Crippen LogP contribution is -2.39. The maximum Gasteiger partial charge on any atom is 0.305 e. The monoisotopic (exact) mass is 480 g/mol. The minimum atomic E-state index is -3.66. The van der Waals surface area contributed by atoms with Gasteiger partial charge in [-0.1, -0.05) is 0 Å². The van der Waals surface area contributed by atoms with Gasteiger partial charge in [-0.2, -0.15) is 0 Å². The van der Waals surface area contributed by atoms with Crippen LogP contribution in [0.25, 0.3) is 0 Å². The van der Waals surface area contributed by atoms with Crippen molar-refractivity contribution in [2.75, 3.05) is 42.3 Å². The summed E-state index contributed by atoms with van der Waals surface area (Å²) in [5, 5.41) is 14.1. The quantitative estimate of drug-likeness (QED) is 0.427. The molecule has 0 aromatic heterocycles. The van der Waals surface area contributed by atoms with Gasteiger partial charge < -0.3 is 20.6 Å². The topological polar surface area (TPSA) is 128 Å². The van der Waals surface area contributed by atoms with Crippen LogP contribution in [0.3, 0.4) is 0 Å². The highest BCUT2D eigenvalue weighted by Gasteiger charge is 2.28. The average molecular weight is 481 g/mol. The van der Waals surface area contributed by atoms with E-state index in [1.54, 1.807) is 26.0 Å². The van der Waals surface area contributed by atoms with E-state index in [9.17, 15) is 18.0 Å². The summed E-state index contributed by atoms with van der Waals surface area (Å²) in [5.74, 6) is -0.0200. The fourth-order valence-corrected chi connectivity index (χ4v) is 5.32. The molecular weight excluding hydrogens is 444 g/mol. The average Bonchev–Trinajstić information content (AvgIpc) is 2.79. The predicted molar refractivity (Wildman–Crippen MR) is 129 cm³/mol. The van der Waals surface area contributed by atoms with Gasteiger partial charge in [-0.25, -0.2) is 8.42 Å². The third-order valence-electron chi connectivity index (χ3n) is 6.70. The number of aliphatic carboxylic acids is 1. The highest BCUT2D eigenvalue weighted by atomic mass is 32.2. The number of carbonyl (C=O) groups excluding carboxylic acids is 1.